The normalized spacial score (nSPS) is 20.4. The van der Waals surface area contributed by atoms with E-state index in [1.165, 1.54) is 0 Å². The van der Waals surface area contributed by atoms with Crippen LogP contribution in [0.25, 0.3) is 0 Å². The first-order valence-electron chi connectivity index (χ1n) is 4.63. The van der Waals surface area contributed by atoms with E-state index in [-0.39, 0.29) is 12.1 Å². The zero-order chi connectivity index (χ0) is 9.97. The molecule has 4 nitrogen and oxygen atoms in total. The largest absolute Gasteiger partial charge is 0.336 e. The number of nitrogens with one attached hydrogen (secondary N) is 2. The summed E-state index contributed by atoms with van der Waals surface area (Å²) < 4.78 is 0. The van der Waals surface area contributed by atoms with Gasteiger partial charge in [0, 0.05) is 13.1 Å². The van der Waals surface area contributed by atoms with Crippen molar-refractivity contribution in [1.29, 1.82) is 0 Å². The first-order valence-corrected chi connectivity index (χ1v) is 4.63. The van der Waals surface area contributed by atoms with Crippen LogP contribution < -0.4 is 16.4 Å². The lowest BCUT2D eigenvalue weighted by Crippen LogP contribution is -2.22. The van der Waals surface area contributed by atoms with Gasteiger partial charge in [0.05, 0.1) is 6.04 Å². The van der Waals surface area contributed by atoms with E-state index in [0.29, 0.717) is 13.1 Å². The number of amides is 2. The van der Waals surface area contributed by atoms with E-state index in [0.717, 1.165) is 11.1 Å². The van der Waals surface area contributed by atoms with Crippen LogP contribution in [0.2, 0.25) is 0 Å². The smallest absolute Gasteiger partial charge is 0.315 e. The average Bonchev–Trinajstić information content (AvgIpc) is 2.65. The van der Waals surface area contributed by atoms with Gasteiger partial charge in [-0.1, -0.05) is 24.3 Å². The van der Waals surface area contributed by atoms with Crippen LogP contribution in [-0.4, -0.2) is 12.6 Å². The maximum Gasteiger partial charge on any atom is 0.315 e. The molecule has 1 atom stereocenters. The van der Waals surface area contributed by atoms with E-state index >= 15 is 0 Å². The number of carbonyl (C=O) groups excluding carboxylic acids is 1. The van der Waals surface area contributed by atoms with E-state index in [9.17, 15) is 4.79 Å². The summed E-state index contributed by atoms with van der Waals surface area (Å²) in [7, 11) is 0. The Kier molecular flexibility index (Phi) is 2.37. The molecule has 4 heteroatoms. The topological polar surface area (TPSA) is 67.1 Å². The Bertz CT molecular complexity index is 351. The van der Waals surface area contributed by atoms with Gasteiger partial charge in [0.1, 0.15) is 0 Å². The highest BCUT2D eigenvalue weighted by molar-refractivity contribution is 5.77. The van der Waals surface area contributed by atoms with Crippen molar-refractivity contribution in [2.75, 3.05) is 6.54 Å². The van der Waals surface area contributed by atoms with Crippen molar-refractivity contribution in [2.24, 2.45) is 5.73 Å². The van der Waals surface area contributed by atoms with Crippen LogP contribution in [0.1, 0.15) is 17.2 Å². The van der Waals surface area contributed by atoms with Crippen LogP contribution in [0, 0.1) is 0 Å². The molecule has 1 aromatic carbocycles. The van der Waals surface area contributed by atoms with E-state index in [1.54, 1.807) is 0 Å². The standard InChI is InChI=1S/C10H13N3O/c11-5-7-3-1-2-4-8(7)9-6-12-10(14)13-9/h1-4,9H,5-6,11H2,(H2,12,13,14). The average molecular weight is 191 g/mol. The number of carbonyl (C=O) groups is 1. The molecule has 4 N–H and O–H groups in total. The summed E-state index contributed by atoms with van der Waals surface area (Å²) in [5.41, 5.74) is 7.81. The van der Waals surface area contributed by atoms with Crippen LogP contribution >= 0.6 is 0 Å². The van der Waals surface area contributed by atoms with Crippen molar-refractivity contribution in [1.82, 2.24) is 10.6 Å². The Morgan fingerprint density at radius 3 is 2.86 bits per heavy atom. The van der Waals surface area contributed by atoms with Gasteiger partial charge in [-0.05, 0) is 11.1 Å². The SMILES string of the molecule is NCc1ccccc1C1CNC(=O)N1. The first-order chi connectivity index (χ1) is 6.81. The number of urea groups is 1. The van der Waals surface area contributed by atoms with E-state index in [2.05, 4.69) is 10.6 Å². The van der Waals surface area contributed by atoms with E-state index in [4.69, 9.17) is 5.73 Å². The monoisotopic (exact) mass is 191 g/mol. The van der Waals surface area contributed by atoms with E-state index in [1.807, 2.05) is 24.3 Å². The van der Waals surface area contributed by atoms with Crippen molar-refractivity contribution in [3.05, 3.63) is 35.4 Å². The predicted molar refractivity (Wildman–Crippen MR) is 53.6 cm³/mol. The zero-order valence-corrected chi connectivity index (χ0v) is 7.79. The van der Waals surface area contributed by atoms with E-state index < -0.39 is 0 Å². The maximum absolute atomic E-state index is 11.0. The minimum atomic E-state index is -0.109. The molecule has 0 bridgehead atoms. The molecular weight excluding hydrogens is 178 g/mol. The molecule has 0 radical (unpaired) electrons. The summed E-state index contributed by atoms with van der Waals surface area (Å²) in [5, 5.41) is 5.57. The highest BCUT2D eigenvalue weighted by atomic mass is 16.2. The van der Waals surface area contributed by atoms with Crippen molar-refractivity contribution < 1.29 is 4.79 Å². The second-order valence-corrected chi connectivity index (χ2v) is 3.31. The van der Waals surface area contributed by atoms with Crippen molar-refractivity contribution in [2.45, 2.75) is 12.6 Å². The van der Waals surface area contributed by atoms with Gasteiger partial charge in [0.25, 0.3) is 0 Å². The molecule has 0 aromatic heterocycles. The van der Waals surface area contributed by atoms with Crippen LogP contribution in [-0.2, 0) is 6.54 Å². The molecular formula is C10H13N3O. The molecule has 0 spiro atoms. The minimum Gasteiger partial charge on any atom is -0.336 e. The molecule has 1 fully saturated rings. The molecule has 1 heterocycles. The Morgan fingerprint density at radius 2 is 2.21 bits per heavy atom. The molecule has 14 heavy (non-hydrogen) atoms. The second-order valence-electron chi connectivity index (χ2n) is 3.31. The number of nitrogens with two attached hydrogens (primary N) is 1. The molecule has 0 saturated carbocycles. The van der Waals surface area contributed by atoms with Crippen LogP contribution in [0.15, 0.2) is 24.3 Å². The Morgan fingerprint density at radius 1 is 1.43 bits per heavy atom. The number of hydrogen-bond donors (Lipinski definition) is 3. The minimum absolute atomic E-state index is 0.0576. The van der Waals surface area contributed by atoms with Gasteiger partial charge in [-0.2, -0.15) is 0 Å². The highest BCUT2D eigenvalue weighted by Crippen LogP contribution is 2.19. The third kappa shape index (κ3) is 1.56. The molecule has 1 aliphatic heterocycles. The van der Waals surface area contributed by atoms with Crippen LogP contribution in [0.4, 0.5) is 4.79 Å². The van der Waals surface area contributed by atoms with Crippen LogP contribution in [0.5, 0.6) is 0 Å². The lowest BCUT2D eigenvalue weighted by atomic mass is 10.0. The fraction of sp³-hybridized carbons (Fsp3) is 0.300. The van der Waals surface area contributed by atoms with Gasteiger partial charge in [0.2, 0.25) is 0 Å². The lowest BCUT2D eigenvalue weighted by molar-refractivity contribution is 0.247. The fourth-order valence-corrected chi connectivity index (χ4v) is 1.70. The van der Waals surface area contributed by atoms with Gasteiger partial charge in [-0.15, -0.1) is 0 Å². The molecule has 2 rings (SSSR count). The number of rotatable bonds is 2. The lowest BCUT2D eigenvalue weighted by Gasteiger charge is -2.12. The molecule has 1 unspecified atom stereocenters. The molecule has 1 aromatic rings. The molecule has 74 valence electrons. The quantitative estimate of drug-likeness (QED) is 0.637. The summed E-state index contributed by atoms with van der Waals surface area (Å²) in [6, 6.07) is 7.85. The molecule has 1 saturated heterocycles. The summed E-state index contributed by atoms with van der Waals surface area (Å²) in [6.07, 6.45) is 0. The Balaban J connectivity index is 2.27. The predicted octanol–water partition coefficient (Wildman–Crippen LogP) is 0.499. The molecule has 2 amide bonds. The van der Waals surface area contributed by atoms with Gasteiger partial charge < -0.3 is 16.4 Å². The summed E-state index contributed by atoms with van der Waals surface area (Å²) in [4.78, 5) is 11.0. The van der Waals surface area contributed by atoms with Crippen LogP contribution in [0.3, 0.4) is 0 Å². The van der Waals surface area contributed by atoms with Crippen molar-refractivity contribution in [3.8, 4) is 0 Å². The highest BCUT2D eigenvalue weighted by Gasteiger charge is 2.22. The third-order valence-corrected chi connectivity index (χ3v) is 2.42. The van der Waals surface area contributed by atoms with Gasteiger partial charge in [-0.25, -0.2) is 4.79 Å². The summed E-state index contributed by atoms with van der Waals surface area (Å²) >= 11 is 0. The second kappa shape index (κ2) is 3.67. The molecule has 0 aliphatic carbocycles. The Hall–Kier alpha value is -1.55. The summed E-state index contributed by atoms with van der Waals surface area (Å²) in [5.74, 6) is 0. The number of hydrogen-bond acceptors (Lipinski definition) is 2. The van der Waals surface area contributed by atoms with Gasteiger partial charge >= 0.3 is 6.03 Å². The van der Waals surface area contributed by atoms with Crippen molar-refractivity contribution >= 4 is 6.03 Å². The van der Waals surface area contributed by atoms with Gasteiger partial charge in [-0.3, -0.25) is 0 Å². The maximum atomic E-state index is 11.0. The Labute approximate surface area is 82.5 Å². The van der Waals surface area contributed by atoms with Gasteiger partial charge in [0.15, 0.2) is 0 Å². The fourth-order valence-electron chi connectivity index (χ4n) is 1.70. The van der Waals surface area contributed by atoms with Crippen molar-refractivity contribution in [3.63, 3.8) is 0 Å². The number of benzene rings is 1. The zero-order valence-electron chi connectivity index (χ0n) is 7.79. The third-order valence-electron chi connectivity index (χ3n) is 2.42. The first kappa shape index (κ1) is 9.02. The molecule has 1 aliphatic rings. The summed E-state index contributed by atoms with van der Waals surface area (Å²) in [6.45, 7) is 1.14.